The molecular formula is C18H19N3O5. The summed E-state index contributed by atoms with van der Waals surface area (Å²) in [6.07, 6.45) is 1.48. The molecule has 1 aromatic carbocycles. The Hall–Kier alpha value is -3.29. The topological polar surface area (TPSA) is 101 Å². The molecule has 0 radical (unpaired) electrons. The Morgan fingerprint density at radius 1 is 1.15 bits per heavy atom. The summed E-state index contributed by atoms with van der Waals surface area (Å²) in [5.74, 6) is 0.139. The average molecular weight is 357 g/mol. The second-order valence-corrected chi connectivity index (χ2v) is 5.92. The molecule has 0 unspecified atom stereocenters. The molecule has 1 aliphatic heterocycles. The number of ether oxygens (including phenoxy) is 2. The number of hydrogen-bond donors (Lipinski definition) is 2. The third-order valence-corrected chi connectivity index (χ3v) is 3.86. The van der Waals surface area contributed by atoms with Crippen LogP contribution in [0.15, 0.2) is 30.5 Å². The van der Waals surface area contributed by atoms with Gasteiger partial charge in [0, 0.05) is 25.9 Å². The first-order chi connectivity index (χ1) is 12.5. The van der Waals surface area contributed by atoms with Gasteiger partial charge in [0.2, 0.25) is 5.91 Å². The Morgan fingerprint density at radius 3 is 2.58 bits per heavy atom. The van der Waals surface area contributed by atoms with E-state index in [0.717, 1.165) is 5.56 Å². The summed E-state index contributed by atoms with van der Waals surface area (Å²) in [6.45, 7) is 0.816. The Morgan fingerprint density at radius 2 is 1.88 bits per heavy atom. The number of nitrogens with one attached hydrogen (secondary N) is 1. The highest BCUT2D eigenvalue weighted by Gasteiger charge is 2.17. The summed E-state index contributed by atoms with van der Waals surface area (Å²) in [4.78, 5) is 29.0. The van der Waals surface area contributed by atoms with E-state index < -0.39 is 5.91 Å². The van der Waals surface area contributed by atoms with E-state index in [4.69, 9.17) is 9.47 Å². The first-order valence-electron chi connectivity index (χ1n) is 8.03. The lowest BCUT2D eigenvalue weighted by Gasteiger charge is -2.19. The molecule has 1 aromatic heterocycles. The molecule has 8 heteroatoms. The van der Waals surface area contributed by atoms with Crippen LogP contribution in [0.3, 0.4) is 0 Å². The van der Waals surface area contributed by atoms with E-state index in [1.807, 2.05) is 6.07 Å². The Balaban J connectivity index is 1.77. The zero-order valence-corrected chi connectivity index (χ0v) is 14.5. The van der Waals surface area contributed by atoms with Crippen molar-refractivity contribution in [3.63, 3.8) is 0 Å². The normalized spacial score (nSPS) is 12.4. The fraction of sp³-hybridized carbons (Fsp3) is 0.278. The summed E-state index contributed by atoms with van der Waals surface area (Å²) >= 11 is 0. The van der Waals surface area contributed by atoms with Crippen LogP contribution in [0.2, 0.25) is 0 Å². The molecule has 0 saturated heterocycles. The Bertz CT molecular complexity index is 851. The number of aromatic hydroxyl groups is 1. The molecule has 0 saturated carbocycles. The van der Waals surface area contributed by atoms with E-state index in [-0.39, 0.29) is 23.9 Å². The monoisotopic (exact) mass is 357 g/mol. The molecule has 8 nitrogen and oxygen atoms in total. The number of hydrogen-bond acceptors (Lipinski definition) is 6. The second-order valence-electron chi connectivity index (χ2n) is 5.92. The van der Waals surface area contributed by atoms with Gasteiger partial charge in [-0.3, -0.25) is 9.59 Å². The van der Waals surface area contributed by atoms with Crippen molar-refractivity contribution in [2.24, 2.45) is 0 Å². The number of carbonyl (C=O) groups excluding carboxylic acids is 2. The van der Waals surface area contributed by atoms with Crippen LogP contribution in [0.25, 0.3) is 11.1 Å². The summed E-state index contributed by atoms with van der Waals surface area (Å²) in [6, 6.07) is 6.84. The van der Waals surface area contributed by atoms with E-state index in [1.54, 1.807) is 26.2 Å². The number of carbonyl (C=O) groups is 2. The average Bonchev–Trinajstić information content (AvgIpc) is 2.65. The molecular weight excluding hydrogens is 338 g/mol. The molecule has 2 aromatic rings. The number of pyridine rings is 1. The number of benzene rings is 1. The van der Waals surface area contributed by atoms with Crippen LogP contribution in [0.1, 0.15) is 10.5 Å². The minimum Gasteiger partial charge on any atom is -0.505 e. The minimum atomic E-state index is -0.619. The highest BCUT2D eigenvalue weighted by Crippen LogP contribution is 2.35. The molecule has 2 heterocycles. The molecule has 2 N–H and O–H groups in total. The molecule has 2 amide bonds. The quantitative estimate of drug-likeness (QED) is 0.848. The Labute approximate surface area is 150 Å². The van der Waals surface area contributed by atoms with Crippen molar-refractivity contribution in [3.8, 4) is 28.4 Å². The van der Waals surface area contributed by atoms with E-state index in [0.29, 0.717) is 30.3 Å². The summed E-state index contributed by atoms with van der Waals surface area (Å²) < 4.78 is 11.0. The highest BCUT2D eigenvalue weighted by molar-refractivity contribution is 5.97. The van der Waals surface area contributed by atoms with Crippen molar-refractivity contribution in [2.75, 3.05) is 33.9 Å². The van der Waals surface area contributed by atoms with Crippen molar-refractivity contribution in [1.29, 1.82) is 0 Å². The molecule has 1 aliphatic rings. The lowest BCUT2D eigenvalue weighted by atomic mass is 10.1. The van der Waals surface area contributed by atoms with Crippen LogP contribution in [0.4, 0.5) is 0 Å². The molecule has 0 aliphatic carbocycles. The van der Waals surface area contributed by atoms with Crippen LogP contribution in [-0.2, 0) is 4.79 Å². The minimum absolute atomic E-state index is 0.141. The number of aromatic nitrogens is 1. The van der Waals surface area contributed by atoms with Gasteiger partial charge in [-0.15, -0.1) is 0 Å². The van der Waals surface area contributed by atoms with E-state index in [9.17, 15) is 14.7 Å². The van der Waals surface area contributed by atoms with Crippen LogP contribution >= 0.6 is 0 Å². The van der Waals surface area contributed by atoms with Crippen LogP contribution in [-0.4, -0.2) is 60.7 Å². The number of nitrogens with zero attached hydrogens (tertiary/aromatic N) is 2. The van der Waals surface area contributed by atoms with Crippen molar-refractivity contribution < 1.29 is 24.2 Å². The summed E-state index contributed by atoms with van der Waals surface area (Å²) in [7, 11) is 3.18. The van der Waals surface area contributed by atoms with E-state index in [2.05, 4.69) is 10.3 Å². The molecule has 0 fully saturated rings. The zero-order valence-electron chi connectivity index (χ0n) is 14.5. The molecule has 0 bridgehead atoms. The van der Waals surface area contributed by atoms with Gasteiger partial charge in [0.15, 0.2) is 17.2 Å². The first-order valence-corrected chi connectivity index (χ1v) is 8.03. The second kappa shape index (κ2) is 7.30. The first kappa shape index (κ1) is 17.5. The maximum atomic E-state index is 12.1. The van der Waals surface area contributed by atoms with Gasteiger partial charge in [0.05, 0.1) is 6.54 Å². The van der Waals surface area contributed by atoms with Crippen molar-refractivity contribution in [2.45, 2.75) is 0 Å². The maximum Gasteiger partial charge on any atom is 0.274 e. The van der Waals surface area contributed by atoms with E-state index >= 15 is 0 Å². The maximum absolute atomic E-state index is 12.1. The van der Waals surface area contributed by atoms with Crippen LogP contribution < -0.4 is 14.8 Å². The van der Waals surface area contributed by atoms with Crippen LogP contribution in [0, 0.1) is 0 Å². The fourth-order valence-electron chi connectivity index (χ4n) is 2.41. The third kappa shape index (κ3) is 3.69. The summed E-state index contributed by atoms with van der Waals surface area (Å²) in [5.41, 5.74) is 1.25. The highest BCUT2D eigenvalue weighted by atomic mass is 16.6. The van der Waals surface area contributed by atoms with Gasteiger partial charge in [-0.25, -0.2) is 4.98 Å². The largest absolute Gasteiger partial charge is 0.505 e. The predicted molar refractivity (Wildman–Crippen MR) is 93.4 cm³/mol. The van der Waals surface area contributed by atoms with Crippen LogP contribution in [0.5, 0.6) is 17.2 Å². The molecule has 0 atom stereocenters. The third-order valence-electron chi connectivity index (χ3n) is 3.86. The number of likely N-dealkylation sites (N-methyl/N-ethyl adjacent to an activating group) is 1. The van der Waals surface area contributed by atoms with E-state index in [1.165, 1.54) is 17.2 Å². The standard InChI is InChI=1S/C18H19N3O5/c1-21(2)16(23)10-20-18(24)17-13(22)7-12(9-19-17)11-3-4-14-15(8-11)26-6-5-25-14/h3-4,7-9,22H,5-6,10H2,1-2H3,(H,20,24). The van der Waals surface area contributed by atoms with Gasteiger partial charge < -0.3 is 24.8 Å². The van der Waals surface area contributed by atoms with Gasteiger partial charge >= 0.3 is 0 Å². The smallest absolute Gasteiger partial charge is 0.274 e. The molecule has 0 spiro atoms. The molecule has 3 rings (SSSR count). The van der Waals surface area contributed by atoms with Crippen molar-refractivity contribution in [1.82, 2.24) is 15.2 Å². The number of amides is 2. The number of rotatable bonds is 4. The number of fused-ring (bicyclic) bond motifs is 1. The van der Waals surface area contributed by atoms with Crippen molar-refractivity contribution >= 4 is 11.8 Å². The Kier molecular flexibility index (Phi) is 4.92. The fourth-order valence-corrected chi connectivity index (χ4v) is 2.41. The van der Waals surface area contributed by atoms with Gasteiger partial charge in [-0.1, -0.05) is 6.07 Å². The predicted octanol–water partition coefficient (Wildman–Crippen LogP) is 1.04. The SMILES string of the molecule is CN(C)C(=O)CNC(=O)c1ncc(-c2ccc3c(c2)OCCO3)cc1O. The summed E-state index contributed by atoms with van der Waals surface area (Å²) in [5, 5.41) is 12.6. The van der Waals surface area contributed by atoms with Gasteiger partial charge in [0.1, 0.15) is 19.0 Å². The lowest BCUT2D eigenvalue weighted by molar-refractivity contribution is -0.127. The molecule has 136 valence electrons. The van der Waals surface area contributed by atoms with Gasteiger partial charge in [0.25, 0.3) is 5.91 Å². The van der Waals surface area contributed by atoms with Gasteiger partial charge in [-0.2, -0.15) is 0 Å². The zero-order chi connectivity index (χ0) is 18.7. The lowest BCUT2D eigenvalue weighted by Crippen LogP contribution is -2.36. The molecule has 26 heavy (non-hydrogen) atoms. The van der Waals surface area contributed by atoms with Gasteiger partial charge in [-0.05, 0) is 23.8 Å². The van der Waals surface area contributed by atoms with Crippen molar-refractivity contribution in [3.05, 3.63) is 36.2 Å².